The van der Waals surface area contributed by atoms with Crippen LogP contribution in [-0.2, 0) is 16.0 Å². The Labute approximate surface area is 157 Å². The molecule has 144 valence electrons. The van der Waals surface area contributed by atoms with Gasteiger partial charge in [-0.2, -0.15) is 0 Å². The van der Waals surface area contributed by atoms with Crippen LogP contribution in [0.25, 0.3) is 0 Å². The first-order valence-corrected chi connectivity index (χ1v) is 9.84. The standard InChI is InChI=1S/C21H32N2O3/c1-22(16-17-7-10-23(11-8-17)12-14-25-2)21(24)19-9-13-26-20-6-4-3-5-18(20)15-19/h3-6,17,19H,7-16H2,1-2H3/t19-/m0/s1. The highest BCUT2D eigenvalue weighted by molar-refractivity contribution is 5.79. The van der Waals surface area contributed by atoms with E-state index in [9.17, 15) is 4.79 Å². The van der Waals surface area contributed by atoms with Gasteiger partial charge in [-0.05, 0) is 56.3 Å². The normalized spacial score (nSPS) is 21.5. The lowest BCUT2D eigenvalue weighted by Crippen LogP contribution is -2.42. The van der Waals surface area contributed by atoms with Crippen molar-refractivity contribution in [3.05, 3.63) is 29.8 Å². The second-order valence-electron chi connectivity index (χ2n) is 7.64. The van der Waals surface area contributed by atoms with E-state index in [1.165, 1.54) is 0 Å². The SMILES string of the molecule is COCCN1CCC(CN(C)C(=O)[C@H]2CCOc3ccccc3C2)CC1. The molecule has 5 heteroatoms. The van der Waals surface area contributed by atoms with Crippen LogP contribution in [0.4, 0.5) is 0 Å². The summed E-state index contributed by atoms with van der Waals surface area (Å²) in [5.41, 5.74) is 1.16. The first-order valence-electron chi connectivity index (χ1n) is 9.84. The number of ether oxygens (including phenoxy) is 2. The fourth-order valence-electron chi connectivity index (χ4n) is 4.10. The molecule has 1 amide bonds. The maximum absolute atomic E-state index is 13.0. The number of carbonyl (C=O) groups is 1. The van der Waals surface area contributed by atoms with Crippen molar-refractivity contribution in [2.24, 2.45) is 11.8 Å². The van der Waals surface area contributed by atoms with Crippen LogP contribution in [-0.4, -0.2) is 69.3 Å². The molecule has 26 heavy (non-hydrogen) atoms. The maximum atomic E-state index is 13.0. The Morgan fingerprint density at radius 3 is 2.81 bits per heavy atom. The Bertz CT molecular complexity index is 584. The van der Waals surface area contributed by atoms with Gasteiger partial charge in [-0.3, -0.25) is 4.79 Å². The highest BCUT2D eigenvalue weighted by Crippen LogP contribution is 2.28. The molecule has 1 aromatic rings. The van der Waals surface area contributed by atoms with Crippen LogP contribution in [0.2, 0.25) is 0 Å². The van der Waals surface area contributed by atoms with E-state index in [1.807, 2.05) is 30.1 Å². The highest BCUT2D eigenvalue weighted by Gasteiger charge is 2.28. The Hall–Kier alpha value is -1.59. The van der Waals surface area contributed by atoms with Crippen molar-refractivity contribution in [1.82, 2.24) is 9.80 Å². The fourth-order valence-corrected chi connectivity index (χ4v) is 4.10. The molecule has 0 radical (unpaired) electrons. The maximum Gasteiger partial charge on any atom is 0.225 e. The number of nitrogens with zero attached hydrogens (tertiary/aromatic N) is 2. The number of carbonyl (C=O) groups excluding carboxylic acids is 1. The van der Waals surface area contributed by atoms with Crippen molar-refractivity contribution in [1.29, 1.82) is 0 Å². The van der Waals surface area contributed by atoms with Gasteiger partial charge in [-0.15, -0.1) is 0 Å². The van der Waals surface area contributed by atoms with Gasteiger partial charge in [0.05, 0.1) is 13.2 Å². The number of hydrogen-bond acceptors (Lipinski definition) is 4. The monoisotopic (exact) mass is 360 g/mol. The largest absolute Gasteiger partial charge is 0.493 e. The molecule has 2 aliphatic heterocycles. The van der Waals surface area contributed by atoms with Crippen LogP contribution < -0.4 is 4.74 Å². The Kier molecular flexibility index (Phi) is 6.92. The summed E-state index contributed by atoms with van der Waals surface area (Å²) in [4.78, 5) is 17.4. The van der Waals surface area contributed by atoms with Gasteiger partial charge in [0.15, 0.2) is 0 Å². The number of methoxy groups -OCH3 is 1. The van der Waals surface area contributed by atoms with Gasteiger partial charge in [0.1, 0.15) is 5.75 Å². The molecule has 0 N–H and O–H groups in total. The molecule has 3 rings (SSSR count). The van der Waals surface area contributed by atoms with Gasteiger partial charge in [0.2, 0.25) is 5.91 Å². The molecule has 0 unspecified atom stereocenters. The Morgan fingerprint density at radius 2 is 2.04 bits per heavy atom. The van der Waals surface area contributed by atoms with Gasteiger partial charge < -0.3 is 19.3 Å². The van der Waals surface area contributed by atoms with E-state index >= 15 is 0 Å². The van der Waals surface area contributed by atoms with E-state index in [0.29, 0.717) is 12.5 Å². The first kappa shape index (κ1) is 19.2. The predicted molar refractivity (Wildman–Crippen MR) is 102 cm³/mol. The lowest BCUT2D eigenvalue weighted by molar-refractivity contribution is -0.135. The summed E-state index contributed by atoms with van der Waals surface area (Å²) in [5, 5.41) is 0. The van der Waals surface area contributed by atoms with Crippen molar-refractivity contribution in [2.75, 3.05) is 53.6 Å². The van der Waals surface area contributed by atoms with Crippen molar-refractivity contribution in [3.63, 3.8) is 0 Å². The van der Waals surface area contributed by atoms with Crippen molar-refractivity contribution >= 4 is 5.91 Å². The van der Waals surface area contributed by atoms with Gasteiger partial charge in [0.25, 0.3) is 0 Å². The van der Waals surface area contributed by atoms with Crippen LogP contribution >= 0.6 is 0 Å². The van der Waals surface area contributed by atoms with Crippen LogP contribution in [0.1, 0.15) is 24.8 Å². The molecule has 1 saturated heterocycles. The quantitative estimate of drug-likeness (QED) is 0.781. The molecule has 2 aliphatic rings. The number of rotatable bonds is 6. The smallest absolute Gasteiger partial charge is 0.225 e. The van der Waals surface area contributed by atoms with Crippen LogP contribution in [0.5, 0.6) is 5.75 Å². The number of hydrogen-bond donors (Lipinski definition) is 0. The van der Waals surface area contributed by atoms with Crippen LogP contribution in [0.3, 0.4) is 0 Å². The molecule has 2 heterocycles. The summed E-state index contributed by atoms with van der Waals surface area (Å²) in [6.45, 7) is 5.53. The summed E-state index contributed by atoms with van der Waals surface area (Å²) in [7, 11) is 3.72. The second-order valence-corrected chi connectivity index (χ2v) is 7.64. The number of fused-ring (bicyclic) bond motifs is 1. The number of amides is 1. The predicted octanol–water partition coefficient (Wildman–Crippen LogP) is 2.44. The van der Waals surface area contributed by atoms with Crippen molar-refractivity contribution in [2.45, 2.75) is 25.7 Å². The molecule has 0 bridgehead atoms. The zero-order chi connectivity index (χ0) is 18.4. The molecule has 1 atom stereocenters. The minimum absolute atomic E-state index is 0.0328. The summed E-state index contributed by atoms with van der Waals surface area (Å²) in [6, 6.07) is 8.10. The summed E-state index contributed by atoms with van der Waals surface area (Å²) in [6.07, 6.45) is 3.91. The van der Waals surface area contributed by atoms with E-state index in [2.05, 4.69) is 11.0 Å². The fraction of sp³-hybridized carbons (Fsp3) is 0.667. The molecule has 0 aromatic heterocycles. The van der Waals surface area contributed by atoms with E-state index in [4.69, 9.17) is 9.47 Å². The van der Waals surface area contributed by atoms with E-state index in [1.54, 1.807) is 7.11 Å². The molecule has 1 aromatic carbocycles. The Balaban J connectivity index is 1.49. The minimum Gasteiger partial charge on any atom is -0.493 e. The second kappa shape index (κ2) is 9.38. The van der Waals surface area contributed by atoms with Gasteiger partial charge >= 0.3 is 0 Å². The summed E-state index contributed by atoms with van der Waals surface area (Å²) in [5.74, 6) is 1.85. The number of para-hydroxylation sites is 1. The molecule has 5 nitrogen and oxygen atoms in total. The third-order valence-electron chi connectivity index (χ3n) is 5.74. The van der Waals surface area contributed by atoms with Crippen molar-refractivity contribution < 1.29 is 14.3 Å². The average Bonchev–Trinajstić information content (AvgIpc) is 2.89. The van der Waals surface area contributed by atoms with Gasteiger partial charge in [0, 0.05) is 33.2 Å². The molecule has 1 fully saturated rings. The van der Waals surface area contributed by atoms with E-state index in [0.717, 1.165) is 69.8 Å². The molecule has 0 saturated carbocycles. The van der Waals surface area contributed by atoms with Gasteiger partial charge in [-0.1, -0.05) is 18.2 Å². The zero-order valence-electron chi connectivity index (χ0n) is 16.2. The van der Waals surface area contributed by atoms with Gasteiger partial charge in [-0.25, -0.2) is 0 Å². The lowest BCUT2D eigenvalue weighted by Gasteiger charge is -2.34. The third kappa shape index (κ3) is 4.98. The third-order valence-corrected chi connectivity index (χ3v) is 5.74. The lowest BCUT2D eigenvalue weighted by atomic mass is 9.93. The van der Waals surface area contributed by atoms with E-state index < -0.39 is 0 Å². The average molecular weight is 360 g/mol. The number of piperidine rings is 1. The molecule has 0 aliphatic carbocycles. The minimum atomic E-state index is 0.0328. The summed E-state index contributed by atoms with van der Waals surface area (Å²) < 4.78 is 11.0. The van der Waals surface area contributed by atoms with Crippen LogP contribution in [0, 0.1) is 11.8 Å². The molecular formula is C21H32N2O3. The number of likely N-dealkylation sites (tertiary alicyclic amines) is 1. The summed E-state index contributed by atoms with van der Waals surface area (Å²) >= 11 is 0. The molecule has 0 spiro atoms. The zero-order valence-corrected chi connectivity index (χ0v) is 16.2. The topological polar surface area (TPSA) is 42.0 Å². The van der Waals surface area contributed by atoms with Crippen LogP contribution in [0.15, 0.2) is 24.3 Å². The first-order chi connectivity index (χ1) is 12.7. The number of benzene rings is 1. The molecular weight excluding hydrogens is 328 g/mol. The van der Waals surface area contributed by atoms with E-state index in [-0.39, 0.29) is 11.8 Å². The highest BCUT2D eigenvalue weighted by atomic mass is 16.5. The Morgan fingerprint density at radius 1 is 1.27 bits per heavy atom. The van der Waals surface area contributed by atoms with Crippen molar-refractivity contribution in [3.8, 4) is 5.75 Å².